The average molecular weight is 332 g/mol. The fraction of sp³-hybridized carbons (Fsp3) is 0.857. The zero-order chi connectivity index (χ0) is 17.1. The first-order valence-corrected chi connectivity index (χ1v) is 10.00. The Kier molecular flexibility index (Phi) is 3.87. The molecule has 24 heavy (non-hydrogen) atoms. The Morgan fingerprint density at radius 1 is 1.08 bits per heavy atom. The number of fused-ring (bicyclic) bond motifs is 5. The molecule has 0 aromatic heterocycles. The summed E-state index contributed by atoms with van der Waals surface area (Å²) in [6.07, 6.45) is 11.7. The molecule has 0 unspecified atom stereocenters. The van der Waals surface area contributed by atoms with Crippen molar-refractivity contribution in [2.75, 3.05) is 0 Å². The summed E-state index contributed by atoms with van der Waals surface area (Å²) in [6, 6.07) is 0. The smallest absolute Gasteiger partial charge is 0.0795 e. The van der Waals surface area contributed by atoms with Gasteiger partial charge in [0.25, 0.3) is 0 Å². The average Bonchev–Trinajstić information content (AvgIpc) is 2.91. The summed E-state index contributed by atoms with van der Waals surface area (Å²) in [6.45, 7) is 6.96. The van der Waals surface area contributed by atoms with Crippen LogP contribution in [0, 0.1) is 34.5 Å². The van der Waals surface area contributed by atoms with Crippen molar-refractivity contribution in [1.82, 2.24) is 0 Å². The number of oxime groups is 1. The summed E-state index contributed by atoms with van der Waals surface area (Å²) in [7, 11) is 0. The van der Waals surface area contributed by atoms with Crippen molar-refractivity contribution < 1.29 is 10.3 Å². The van der Waals surface area contributed by atoms with E-state index in [0.717, 1.165) is 36.3 Å². The van der Waals surface area contributed by atoms with Gasteiger partial charge in [0, 0.05) is 0 Å². The molecule has 3 saturated carbocycles. The molecule has 2 N–H and O–H groups in total. The quantitative estimate of drug-likeness (QED) is 0.537. The van der Waals surface area contributed by atoms with E-state index in [2.05, 4.69) is 25.1 Å². The summed E-state index contributed by atoms with van der Waals surface area (Å²) in [5.41, 5.74) is 3.06. The highest BCUT2D eigenvalue weighted by molar-refractivity contribution is 5.96. The Bertz CT molecular complexity index is 580. The number of rotatable bonds is 1. The molecular formula is C21H33NO2. The van der Waals surface area contributed by atoms with Gasteiger partial charge in [0.05, 0.1) is 11.8 Å². The predicted molar refractivity (Wildman–Crippen MR) is 96.1 cm³/mol. The van der Waals surface area contributed by atoms with Crippen LogP contribution < -0.4 is 0 Å². The summed E-state index contributed by atoms with van der Waals surface area (Å²) < 4.78 is 0. The van der Waals surface area contributed by atoms with E-state index in [1.807, 2.05) is 6.92 Å². The number of hydrogen-bond donors (Lipinski definition) is 2. The van der Waals surface area contributed by atoms with Gasteiger partial charge in [-0.1, -0.05) is 24.6 Å². The standard InChI is InChI=1S/C21H33NO2/c1-13(23)17-6-7-18-16-5-4-14-12-15(22-24)8-10-20(14,2)19(16)9-11-21(17,18)3/h12-13,16-19,23-24H,4-11H2,1-3H3/b22-15-/t13-,16+,17-,18+,19+,20+,21-/m1/s1. The van der Waals surface area contributed by atoms with Gasteiger partial charge in [-0.05, 0) is 98.9 Å². The van der Waals surface area contributed by atoms with Crippen LogP contribution in [0.3, 0.4) is 0 Å². The van der Waals surface area contributed by atoms with E-state index >= 15 is 0 Å². The van der Waals surface area contributed by atoms with Crippen LogP contribution in [0.2, 0.25) is 0 Å². The maximum absolute atomic E-state index is 10.3. The lowest BCUT2D eigenvalue weighted by Crippen LogP contribution is -2.51. The molecule has 0 aromatic rings. The van der Waals surface area contributed by atoms with Crippen LogP contribution in [-0.4, -0.2) is 22.1 Å². The first-order chi connectivity index (χ1) is 11.4. The first-order valence-electron chi connectivity index (χ1n) is 10.00. The minimum atomic E-state index is -0.163. The Labute approximate surface area is 146 Å². The van der Waals surface area contributed by atoms with Crippen LogP contribution in [0.5, 0.6) is 0 Å². The molecule has 0 heterocycles. The Morgan fingerprint density at radius 3 is 2.58 bits per heavy atom. The zero-order valence-corrected chi connectivity index (χ0v) is 15.5. The number of hydrogen-bond acceptors (Lipinski definition) is 3. The van der Waals surface area contributed by atoms with Crippen molar-refractivity contribution >= 4 is 5.71 Å². The van der Waals surface area contributed by atoms with Crippen LogP contribution >= 0.6 is 0 Å². The van der Waals surface area contributed by atoms with E-state index in [0.29, 0.717) is 16.7 Å². The van der Waals surface area contributed by atoms with Gasteiger partial charge >= 0.3 is 0 Å². The molecule has 4 aliphatic carbocycles. The van der Waals surface area contributed by atoms with Gasteiger partial charge in [-0.15, -0.1) is 0 Å². The molecule has 0 bridgehead atoms. The van der Waals surface area contributed by atoms with E-state index < -0.39 is 0 Å². The van der Waals surface area contributed by atoms with Crippen LogP contribution in [0.25, 0.3) is 0 Å². The van der Waals surface area contributed by atoms with Crippen LogP contribution in [0.15, 0.2) is 16.8 Å². The van der Waals surface area contributed by atoms with Crippen molar-refractivity contribution in [3.63, 3.8) is 0 Å². The lowest BCUT2D eigenvalue weighted by Gasteiger charge is -2.58. The third kappa shape index (κ3) is 2.16. The summed E-state index contributed by atoms with van der Waals surface area (Å²) in [5.74, 6) is 2.89. The zero-order valence-electron chi connectivity index (χ0n) is 15.5. The molecule has 4 rings (SSSR count). The van der Waals surface area contributed by atoms with E-state index in [4.69, 9.17) is 5.21 Å². The number of aliphatic hydroxyl groups excluding tert-OH is 1. The lowest BCUT2D eigenvalue weighted by molar-refractivity contribution is -0.0682. The minimum Gasteiger partial charge on any atom is -0.411 e. The Hall–Kier alpha value is -0.830. The van der Waals surface area contributed by atoms with E-state index in [1.54, 1.807) is 0 Å². The minimum absolute atomic E-state index is 0.163. The molecular weight excluding hydrogens is 298 g/mol. The van der Waals surface area contributed by atoms with Gasteiger partial charge in [-0.3, -0.25) is 0 Å². The molecule has 0 radical (unpaired) electrons. The molecule has 0 aliphatic heterocycles. The molecule has 0 aromatic carbocycles. The molecule has 7 atom stereocenters. The third-order valence-corrected chi connectivity index (χ3v) is 8.76. The topological polar surface area (TPSA) is 52.8 Å². The monoisotopic (exact) mass is 331 g/mol. The van der Waals surface area contributed by atoms with Crippen molar-refractivity contribution in [2.24, 2.45) is 39.7 Å². The molecule has 134 valence electrons. The van der Waals surface area contributed by atoms with Crippen molar-refractivity contribution in [1.29, 1.82) is 0 Å². The molecule has 4 aliphatic rings. The normalized spacial score (nSPS) is 50.7. The van der Waals surface area contributed by atoms with Gasteiger partial charge in [0.15, 0.2) is 0 Å². The number of nitrogens with zero attached hydrogens (tertiary/aromatic N) is 1. The fourth-order valence-electron chi connectivity index (χ4n) is 7.48. The highest BCUT2D eigenvalue weighted by atomic mass is 16.4. The number of allylic oxidation sites excluding steroid dienone is 2. The molecule has 3 heteroatoms. The maximum Gasteiger partial charge on any atom is 0.0795 e. The van der Waals surface area contributed by atoms with Crippen molar-refractivity contribution in [3.05, 3.63) is 11.6 Å². The second-order valence-corrected chi connectivity index (χ2v) is 9.56. The van der Waals surface area contributed by atoms with Crippen LogP contribution in [-0.2, 0) is 0 Å². The van der Waals surface area contributed by atoms with E-state index in [-0.39, 0.29) is 6.10 Å². The third-order valence-electron chi connectivity index (χ3n) is 8.76. The van der Waals surface area contributed by atoms with E-state index in [1.165, 1.54) is 44.1 Å². The van der Waals surface area contributed by atoms with Gasteiger partial charge < -0.3 is 10.3 Å². The summed E-state index contributed by atoms with van der Waals surface area (Å²) >= 11 is 0. The first kappa shape index (κ1) is 16.6. The van der Waals surface area contributed by atoms with Crippen molar-refractivity contribution in [3.8, 4) is 0 Å². The van der Waals surface area contributed by atoms with Gasteiger partial charge in [0.1, 0.15) is 0 Å². The predicted octanol–water partition coefficient (Wildman–Crippen LogP) is 4.78. The highest BCUT2D eigenvalue weighted by Gasteiger charge is 2.59. The lowest BCUT2D eigenvalue weighted by atomic mass is 9.46. The fourth-order valence-corrected chi connectivity index (χ4v) is 7.48. The largest absolute Gasteiger partial charge is 0.411 e. The highest BCUT2D eigenvalue weighted by Crippen LogP contribution is 2.66. The van der Waals surface area contributed by atoms with Gasteiger partial charge in [-0.25, -0.2) is 0 Å². The van der Waals surface area contributed by atoms with E-state index in [9.17, 15) is 5.11 Å². The van der Waals surface area contributed by atoms with Crippen LogP contribution in [0.1, 0.15) is 72.1 Å². The number of aliphatic hydroxyl groups is 1. The Morgan fingerprint density at radius 2 is 1.88 bits per heavy atom. The summed E-state index contributed by atoms with van der Waals surface area (Å²) in [4.78, 5) is 0. The summed E-state index contributed by atoms with van der Waals surface area (Å²) in [5, 5.41) is 22.9. The second-order valence-electron chi connectivity index (χ2n) is 9.56. The maximum atomic E-state index is 10.3. The van der Waals surface area contributed by atoms with Gasteiger partial charge in [0.2, 0.25) is 0 Å². The molecule has 3 fully saturated rings. The molecule has 0 saturated heterocycles. The SMILES string of the molecule is C[C@@H](O)[C@H]1CC[C@H]2[C@@H]3CCC4=C/C(=N\O)CC[C@]4(C)[C@H]3CC[C@]12C. The van der Waals surface area contributed by atoms with Crippen LogP contribution in [0.4, 0.5) is 0 Å². The van der Waals surface area contributed by atoms with Gasteiger partial charge in [-0.2, -0.15) is 0 Å². The second kappa shape index (κ2) is 5.59. The van der Waals surface area contributed by atoms with Crippen molar-refractivity contribution in [2.45, 2.75) is 78.2 Å². The molecule has 0 amide bonds. The molecule has 0 spiro atoms. The molecule has 3 nitrogen and oxygen atoms in total. The Balaban J connectivity index is 1.65.